The van der Waals surface area contributed by atoms with Crippen LogP contribution in [0.4, 0.5) is 5.69 Å². The number of nitrogens with two attached hydrogens (primary N) is 1. The highest BCUT2D eigenvalue weighted by Gasteiger charge is 2.17. The molecule has 1 aromatic carbocycles. The lowest BCUT2D eigenvalue weighted by molar-refractivity contribution is 0.560. The monoisotopic (exact) mass is 269 g/mol. The predicted molar refractivity (Wildman–Crippen MR) is 83.7 cm³/mol. The van der Waals surface area contributed by atoms with Crippen molar-refractivity contribution in [3.05, 3.63) is 53.1 Å². The van der Waals surface area contributed by atoms with Crippen LogP contribution in [0.1, 0.15) is 43.5 Å². The molecule has 0 saturated heterocycles. The second-order valence-corrected chi connectivity index (χ2v) is 6.31. The molecule has 0 fully saturated rings. The van der Waals surface area contributed by atoms with Crippen molar-refractivity contribution in [2.45, 2.75) is 46.0 Å². The Bertz CT molecular complexity index is 597. The third-order valence-electron chi connectivity index (χ3n) is 3.26. The van der Waals surface area contributed by atoms with Crippen LogP contribution in [0.5, 0.6) is 0 Å². The second-order valence-electron chi connectivity index (χ2n) is 6.31. The third kappa shape index (κ3) is 3.80. The summed E-state index contributed by atoms with van der Waals surface area (Å²) in [6, 6.07) is 10.1. The molecule has 3 nitrogen and oxygen atoms in total. The summed E-state index contributed by atoms with van der Waals surface area (Å²) in [7, 11) is 0. The van der Waals surface area contributed by atoms with E-state index in [9.17, 15) is 0 Å². The molecule has 20 heavy (non-hydrogen) atoms. The van der Waals surface area contributed by atoms with Gasteiger partial charge in [-0.1, -0.05) is 32.9 Å². The van der Waals surface area contributed by atoms with E-state index in [2.05, 4.69) is 37.9 Å². The van der Waals surface area contributed by atoms with Gasteiger partial charge in [0.2, 0.25) is 0 Å². The van der Waals surface area contributed by atoms with Gasteiger partial charge in [0.1, 0.15) is 5.82 Å². The van der Waals surface area contributed by atoms with E-state index in [0.717, 1.165) is 35.7 Å². The SMILES string of the molecule is Cc1cc(C(C)(C)C)nc(CCc2cccc(N)c2)n1. The molecule has 1 heterocycles. The Labute approximate surface area is 121 Å². The quantitative estimate of drug-likeness (QED) is 0.868. The van der Waals surface area contributed by atoms with Crippen molar-refractivity contribution in [3.8, 4) is 0 Å². The summed E-state index contributed by atoms with van der Waals surface area (Å²) in [4.78, 5) is 9.24. The molecule has 0 atom stereocenters. The maximum atomic E-state index is 5.80. The van der Waals surface area contributed by atoms with Crippen molar-refractivity contribution in [1.82, 2.24) is 9.97 Å². The third-order valence-corrected chi connectivity index (χ3v) is 3.26. The average Bonchev–Trinajstić information content (AvgIpc) is 2.35. The fourth-order valence-corrected chi connectivity index (χ4v) is 2.13. The molecule has 0 amide bonds. The lowest BCUT2D eigenvalue weighted by atomic mass is 9.91. The molecule has 106 valence electrons. The maximum Gasteiger partial charge on any atom is 0.129 e. The van der Waals surface area contributed by atoms with Crippen molar-refractivity contribution in [3.63, 3.8) is 0 Å². The number of aromatic nitrogens is 2. The molecular formula is C17H23N3. The van der Waals surface area contributed by atoms with Crippen LogP contribution >= 0.6 is 0 Å². The van der Waals surface area contributed by atoms with E-state index < -0.39 is 0 Å². The van der Waals surface area contributed by atoms with E-state index in [0.29, 0.717) is 0 Å². The molecule has 0 aliphatic heterocycles. The zero-order valence-electron chi connectivity index (χ0n) is 12.8. The van der Waals surface area contributed by atoms with Gasteiger partial charge in [-0.3, -0.25) is 0 Å². The molecule has 2 N–H and O–H groups in total. The van der Waals surface area contributed by atoms with Crippen LogP contribution in [0.25, 0.3) is 0 Å². The molecule has 2 aromatic rings. The highest BCUT2D eigenvalue weighted by Crippen LogP contribution is 2.21. The average molecular weight is 269 g/mol. The zero-order valence-corrected chi connectivity index (χ0v) is 12.8. The van der Waals surface area contributed by atoms with E-state index in [1.165, 1.54) is 5.56 Å². The van der Waals surface area contributed by atoms with Crippen molar-refractivity contribution in [2.75, 3.05) is 5.73 Å². The lowest BCUT2D eigenvalue weighted by Gasteiger charge is -2.18. The number of nitrogens with zero attached hydrogens (tertiary/aromatic N) is 2. The lowest BCUT2D eigenvalue weighted by Crippen LogP contribution is -2.16. The molecule has 0 bridgehead atoms. The van der Waals surface area contributed by atoms with Gasteiger partial charge < -0.3 is 5.73 Å². The first kappa shape index (κ1) is 14.5. The molecular weight excluding hydrogens is 246 g/mol. The van der Waals surface area contributed by atoms with Gasteiger partial charge in [0.25, 0.3) is 0 Å². The number of benzene rings is 1. The van der Waals surface area contributed by atoms with Gasteiger partial charge in [0.15, 0.2) is 0 Å². The van der Waals surface area contributed by atoms with Gasteiger partial charge in [0, 0.05) is 28.9 Å². The number of nitrogen functional groups attached to an aromatic ring is 1. The summed E-state index contributed by atoms with van der Waals surface area (Å²) < 4.78 is 0. The predicted octanol–water partition coefficient (Wildman–Crippen LogP) is 3.45. The fourth-order valence-electron chi connectivity index (χ4n) is 2.13. The van der Waals surface area contributed by atoms with Crippen molar-refractivity contribution < 1.29 is 0 Å². The highest BCUT2D eigenvalue weighted by molar-refractivity contribution is 5.40. The van der Waals surface area contributed by atoms with Crippen LogP contribution in [0.2, 0.25) is 0 Å². The summed E-state index contributed by atoms with van der Waals surface area (Å²) >= 11 is 0. The van der Waals surface area contributed by atoms with E-state index in [4.69, 9.17) is 10.7 Å². The molecule has 3 heteroatoms. The van der Waals surface area contributed by atoms with Gasteiger partial charge in [0.05, 0.1) is 0 Å². The van der Waals surface area contributed by atoms with E-state index in [1.54, 1.807) is 0 Å². The maximum absolute atomic E-state index is 5.80. The minimum atomic E-state index is 0.0552. The largest absolute Gasteiger partial charge is 0.399 e. The minimum absolute atomic E-state index is 0.0552. The molecule has 0 radical (unpaired) electrons. The molecule has 0 aliphatic carbocycles. The molecule has 0 aliphatic rings. The van der Waals surface area contributed by atoms with Crippen molar-refractivity contribution >= 4 is 5.69 Å². The summed E-state index contributed by atoms with van der Waals surface area (Å²) in [5.74, 6) is 0.914. The Kier molecular flexibility index (Phi) is 4.07. The fraction of sp³-hybridized carbons (Fsp3) is 0.412. The Morgan fingerprint density at radius 3 is 2.45 bits per heavy atom. The first-order valence-electron chi connectivity index (χ1n) is 7.04. The van der Waals surface area contributed by atoms with Crippen LogP contribution in [0.3, 0.4) is 0 Å². The highest BCUT2D eigenvalue weighted by atomic mass is 14.9. The normalized spacial score (nSPS) is 11.6. The minimum Gasteiger partial charge on any atom is -0.399 e. The molecule has 2 rings (SSSR count). The molecule has 1 aromatic heterocycles. The zero-order chi connectivity index (χ0) is 14.8. The molecule has 0 unspecified atom stereocenters. The summed E-state index contributed by atoms with van der Waals surface area (Å²) in [5.41, 5.74) is 10.0. The van der Waals surface area contributed by atoms with Gasteiger partial charge in [-0.2, -0.15) is 0 Å². The van der Waals surface area contributed by atoms with Gasteiger partial charge in [-0.05, 0) is 37.1 Å². The Balaban J connectivity index is 2.16. The Morgan fingerprint density at radius 1 is 1.05 bits per heavy atom. The molecule has 0 saturated carbocycles. The van der Waals surface area contributed by atoms with Crippen LogP contribution in [0.15, 0.2) is 30.3 Å². The van der Waals surface area contributed by atoms with E-state index in [-0.39, 0.29) is 5.41 Å². The van der Waals surface area contributed by atoms with Crippen LogP contribution < -0.4 is 5.73 Å². The van der Waals surface area contributed by atoms with Gasteiger partial charge >= 0.3 is 0 Å². The number of rotatable bonds is 3. The first-order chi connectivity index (χ1) is 9.34. The summed E-state index contributed by atoms with van der Waals surface area (Å²) in [6.07, 6.45) is 1.76. The number of anilines is 1. The van der Waals surface area contributed by atoms with Crippen LogP contribution in [-0.4, -0.2) is 9.97 Å². The first-order valence-corrected chi connectivity index (χ1v) is 7.04. The number of aryl methyl sites for hydroxylation is 3. The second kappa shape index (κ2) is 5.61. The van der Waals surface area contributed by atoms with Gasteiger partial charge in [-0.25, -0.2) is 9.97 Å². The Hall–Kier alpha value is -1.90. The Morgan fingerprint density at radius 2 is 1.80 bits per heavy atom. The standard InChI is InChI=1S/C17H23N3/c1-12-10-15(17(2,3)4)20-16(19-12)9-8-13-6-5-7-14(18)11-13/h5-7,10-11H,8-9,18H2,1-4H3. The van der Waals surface area contributed by atoms with Crippen LogP contribution in [0, 0.1) is 6.92 Å². The van der Waals surface area contributed by atoms with Crippen LogP contribution in [-0.2, 0) is 18.3 Å². The topological polar surface area (TPSA) is 51.8 Å². The van der Waals surface area contributed by atoms with E-state index >= 15 is 0 Å². The molecule has 0 spiro atoms. The summed E-state index contributed by atoms with van der Waals surface area (Å²) in [6.45, 7) is 8.56. The smallest absolute Gasteiger partial charge is 0.129 e. The van der Waals surface area contributed by atoms with Crippen molar-refractivity contribution in [2.24, 2.45) is 0 Å². The number of hydrogen-bond donors (Lipinski definition) is 1. The van der Waals surface area contributed by atoms with E-state index in [1.807, 2.05) is 25.1 Å². The van der Waals surface area contributed by atoms with Gasteiger partial charge in [-0.15, -0.1) is 0 Å². The number of hydrogen-bond acceptors (Lipinski definition) is 3. The summed E-state index contributed by atoms with van der Waals surface area (Å²) in [5, 5.41) is 0. The van der Waals surface area contributed by atoms with Crippen molar-refractivity contribution in [1.29, 1.82) is 0 Å².